The fourth-order valence-electron chi connectivity index (χ4n) is 4.29. The summed E-state index contributed by atoms with van der Waals surface area (Å²) in [5, 5.41) is 11.9. The minimum Gasteiger partial charge on any atom is -0.481 e. The smallest absolute Gasteiger partial charge is 0.303 e. The molecule has 0 saturated heterocycles. The van der Waals surface area contributed by atoms with Crippen molar-refractivity contribution in [3.63, 3.8) is 0 Å². The Labute approximate surface area is 221 Å². The highest BCUT2D eigenvalue weighted by molar-refractivity contribution is 7.99. The summed E-state index contributed by atoms with van der Waals surface area (Å²) in [5.41, 5.74) is 3.93. The van der Waals surface area contributed by atoms with Gasteiger partial charge in [0, 0.05) is 29.9 Å². The molecule has 0 heterocycles. The summed E-state index contributed by atoms with van der Waals surface area (Å²) < 4.78 is 5.85. The second kappa shape index (κ2) is 16.4. The zero-order chi connectivity index (χ0) is 26.3. The molecule has 2 N–H and O–H groups in total. The molecule has 2 aromatic carbocycles. The zero-order valence-corrected chi connectivity index (χ0v) is 23.1. The number of benzene rings is 2. The molecule has 0 fully saturated rings. The maximum atomic E-state index is 12.3. The number of hydrogen-bond acceptors (Lipinski definition) is 4. The molecule has 3 unspecified atom stereocenters. The molecule has 5 nitrogen and oxygen atoms in total. The number of carboxylic acid groups (broad SMARTS) is 1. The quantitative estimate of drug-likeness (QED) is 0.232. The number of nitrogens with one attached hydrogen (secondary N) is 1. The first-order chi connectivity index (χ1) is 17.3. The molecule has 0 spiro atoms. The van der Waals surface area contributed by atoms with E-state index in [9.17, 15) is 9.59 Å². The molecular formula is C30H43NO4S. The standard InChI is InChI=1S/C30H43NO4S/c1-5-25(27-9-7-6-8-10-27)19-23(4)26-13-11-24(12-14-26)20-35-17-18-36-21-28(15-16-29(32)33)30(34)31-22(2)3/h6-14,22-23,25,28H,5,15-21H2,1-4H3,(H,31,34)(H,32,33). The molecule has 0 aromatic heterocycles. The minimum atomic E-state index is -0.868. The molecule has 3 atom stereocenters. The van der Waals surface area contributed by atoms with E-state index in [1.807, 2.05) is 13.8 Å². The van der Waals surface area contributed by atoms with Gasteiger partial charge in [-0.05, 0) is 61.6 Å². The summed E-state index contributed by atoms with van der Waals surface area (Å²) in [6, 6.07) is 19.6. The van der Waals surface area contributed by atoms with Crippen molar-refractivity contribution in [3.05, 3.63) is 71.3 Å². The highest BCUT2D eigenvalue weighted by Gasteiger charge is 2.20. The van der Waals surface area contributed by atoms with Crippen LogP contribution in [-0.2, 0) is 20.9 Å². The van der Waals surface area contributed by atoms with Crippen molar-refractivity contribution >= 4 is 23.6 Å². The van der Waals surface area contributed by atoms with Gasteiger partial charge in [-0.3, -0.25) is 9.59 Å². The maximum absolute atomic E-state index is 12.3. The Morgan fingerprint density at radius 1 is 1.00 bits per heavy atom. The van der Waals surface area contributed by atoms with Crippen LogP contribution in [0.1, 0.15) is 81.9 Å². The molecule has 6 heteroatoms. The lowest BCUT2D eigenvalue weighted by molar-refractivity contribution is -0.137. The molecule has 0 radical (unpaired) electrons. The van der Waals surface area contributed by atoms with Crippen LogP contribution in [0.5, 0.6) is 0 Å². The van der Waals surface area contributed by atoms with Gasteiger partial charge in [0.25, 0.3) is 0 Å². The fourth-order valence-corrected chi connectivity index (χ4v) is 5.30. The number of aliphatic carboxylic acids is 1. The molecule has 2 aromatic rings. The first-order valence-corrected chi connectivity index (χ1v) is 14.3. The van der Waals surface area contributed by atoms with E-state index >= 15 is 0 Å². The van der Waals surface area contributed by atoms with E-state index in [1.54, 1.807) is 11.8 Å². The molecule has 0 bridgehead atoms. The summed E-state index contributed by atoms with van der Waals surface area (Å²) in [7, 11) is 0. The topological polar surface area (TPSA) is 75.6 Å². The van der Waals surface area contributed by atoms with Gasteiger partial charge < -0.3 is 15.2 Å². The Morgan fingerprint density at radius 3 is 2.31 bits per heavy atom. The number of amides is 1. The van der Waals surface area contributed by atoms with Crippen molar-refractivity contribution in [1.82, 2.24) is 5.32 Å². The Hall–Kier alpha value is -2.31. The van der Waals surface area contributed by atoms with Gasteiger partial charge in [-0.15, -0.1) is 0 Å². The Bertz CT molecular complexity index is 901. The monoisotopic (exact) mass is 513 g/mol. The predicted octanol–water partition coefficient (Wildman–Crippen LogP) is 6.63. The van der Waals surface area contributed by atoms with E-state index in [4.69, 9.17) is 9.84 Å². The normalized spacial score (nSPS) is 13.8. The number of thioether (sulfide) groups is 1. The number of ether oxygens (including phenoxy) is 1. The van der Waals surface area contributed by atoms with Gasteiger partial charge >= 0.3 is 5.97 Å². The summed E-state index contributed by atoms with van der Waals surface area (Å²) in [6.07, 6.45) is 2.64. The van der Waals surface area contributed by atoms with Crippen LogP contribution in [-0.4, -0.2) is 41.1 Å². The summed E-state index contributed by atoms with van der Waals surface area (Å²) in [6.45, 7) is 9.54. The van der Waals surface area contributed by atoms with Gasteiger partial charge in [0.1, 0.15) is 0 Å². The number of carbonyl (C=O) groups is 2. The highest BCUT2D eigenvalue weighted by Crippen LogP contribution is 2.32. The molecule has 1 amide bonds. The van der Waals surface area contributed by atoms with Crippen LogP contribution in [0.25, 0.3) is 0 Å². The average Bonchev–Trinajstić information content (AvgIpc) is 2.86. The maximum Gasteiger partial charge on any atom is 0.303 e. The zero-order valence-electron chi connectivity index (χ0n) is 22.2. The van der Waals surface area contributed by atoms with E-state index in [0.717, 1.165) is 24.2 Å². The van der Waals surface area contributed by atoms with E-state index in [0.29, 0.717) is 37.2 Å². The van der Waals surface area contributed by atoms with Crippen LogP contribution >= 0.6 is 11.8 Å². The molecule has 0 aliphatic rings. The van der Waals surface area contributed by atoms with Crippen LogP contribution in [0.15, 0.2) is 54.6 Å². The highest BCUT2D eigenvalue weighted by atomic mass is 32.2. The van der Waals surface area contributed by atoms with Gasteiger partial charge in [0.15, 0.2) is 0 Å². The molecule has 0 saturated carbocycles. The lowest BCUT2D eigenvalue weighted by atomic mass is 9.84. The van der Waals surface area contributed by atoms with Gasteiger partial charge in [-0.25, -0.2) is 0 Å². The molecule has 0 aliphatic heterocycles. The summed E-state index contributed by atoms with van der Waals surface area (Å²) in [4.78, 5) is 23.3. The third-order valence-electron chi connectivity index (χ3n) is 6.42. The average molecular weight is 514 g/mol. The molecule has 2 rings (SSSR count). The van der Waals surface area contributed by atoms with Crippen molar-refractivity contribution in [3.8, 4) is 0 Å². The first kappa shape index (κ1) is 29.9. The number of rotatable bonds is 17. The molecule has 0 aliphatic carbocycles. The third kappa shape index (κ3) is 11.2. The lowest BCUT2D eigenvalue weighted by Gasteiger charge is -2.21. The lowest BCUT2D eigenvalue weighted by Crippen LogP contribution is -2.37. The largest absolute Gasteiger partial charge is 0.481 e. The number of hydrogen-bond donors (Lipinski definition) is 2. The fraction of sp³-hybridized carbons (Fsp3) is 0.533. The third-order valence-corrected chi connectivity index (χ3v) is 7.51. The van der Waals surface area contributed by atoms with Gasteiger partial charge in [0.05, 0.1) is 13.2 Å². The SMILES string of the molecule is CCC(CC(C)c1ccc(COCCSCC(CCC(=O)O)C(=O)NC(C)C)cc1)c1ccccc1. The Morgan fingerprint density at radius 2 is 1.69 bits per heavy atom. The second-order valence-electron chi connectivity index (χ2n) is 9.81. The molecular weight excluding hydrogens is 470 g/mol. The Kier molecular flexibility index (Phi) is 13.7. The van der Waals surface area contributed by atoms with Crippen molar-refractivity contribution < 1.29 is 19.4 Å². The minimum absolute atomic E-state index is 0.00715. The van der Waals surface area contributed by atoms with Crippen LogP contribution in [0.4, 0.5) is 0 Å². The first-order valence-electron chi connectivity index (χ1n) is 13.1. The predicted molar refractivity (Wildman–Crippen MR) is 150 cm³/mol. The summed E-state index contributed by atoms with van der Waals surface area (Å²) in [5.74, 6) is 1.20. The van der Waals surface area contributed by atoms with Crippen LogP contribution in [0.3, 0.4) is 0 Å². The van der Waals surface area contributed by atoms with Gasteiger partial charge in [0.2, 0.25) is 5.91 Å². The summed E-state index contributed by atoms with van der Waals surface area (Å²) >= 11 is 1.64. The van der Waals surface area contributed by atoms with Crippen LogP contribution in [0.2, 0.25) is 0 Å². The number of carbonyl (C=O) groups excluding carboxylic acids is 1. The van der Waals surface area contributed by atoms with E-state index < -0.39 is 5.97 Å². The van der Waals surface area contributed by atoms with E-state index in [2.05, 4.69) is 73.8 Å². The van der Waals surface area contributed by atoms with E-state index in [-0.39, 0.29) is 24.3 Å². The van der Waals surface area contributed by atoms with Crippen molar-refractivity contribution in [2.24, 2.45) is 5.92 Å². The van der Waals surface area contributed by atoms with Crippen molar-refractivity contribution in [2.45, 2.75) is 77.9 Å². The van der Waals surface area contributed by atoms with Crippen molar-refractivity contribution in [1.29, 1.82) is 0 Å². The van der Waals surface area contributed by atoms with E-state index in [1.165, 1.54) is 11.1 Å². The van der Waals surface area contributed by atoms with Crippen LogP contribution < -0.4 is 5.32 Å². The Balaban J connectivity index is 1.72. The van der Waals surface area contributed by atoms with Gasteiger partial charge in [-0.2, -0.15) is 11.8 Å². The van der Waals surface area contributed by atoms with Crippen LogP contribution in [0, 0.1) is 5.92 Å². The molecule has 36 heavy (non-hydrogen) atoms. The number of carboxylic acids is 1. The van der Waals surface area contributed by atoms with Gasteiger partial charge in [-0.1, -0.05) is 68.4 Å². The molecule has 198 valence electrons. The van der Waals surface area contributed by atoms with Crippen molar-refractivity contribution in [2.75, 3.05) is 18.1 Å². The second-order valence-corrected chi connectivity index (χ2v) is 11.0.